The molecular weight excluding hydrogens is 334 g/mol. The van der Waals surface area contributed by atoms with Crippen molar-refractivity contribution in [3.8, 4) is 5.75 Å². The molecule has 0 fully saturated rings. The van der Waals surface area contributed by atoms with Gasteiger partial charge in [0.1, 0.15) is 11.3 Å². The fraction of sp³-hybridized carbons (Fsp3) is 0.105. The molecule has 0 unspecified atom stereocenters. The lowest BCUT2D eigenvalue weighted by Crippen LogP contribution is -2.16. The minimum absolute atomic E-state index is 0.208. The number of para-hydroxylation sites is 2. The molecule has 0 spiro atoms. The Morgan fingerprint density at radius 2 is 2.08 bits per heavy atom. The number of amides is 1. The van der Waals surface area contributed by atoms with Crippen molar-refractivity contribution in [3.05, 3.63) is 64.5 Å². The number of imidazole rings is 1. The van der Waals surface area contributed by atoms with Crippen LogP contribution in [0.2, 0.25) is 0 Å². The molecule has 26 heavy (non-hydrogen) atoms. The van der Waals surface area contributed by atoms with Crippen molar-refractivity contribution in [2.45, 2.75) is 6.92 Å². The van der Waals surface area contributed by atoms with Crippen LogP contribution in [0.4, 0.5) is 5.95 Å². The molecule has 7 nitrogen and oxygen atoms in total. The van der Waals surface area contributed by atoms with Crippen LogP contribution in [0.5, 0.6) is 5.75 Å². The number of carbonyl (C=O) groups excluding carboxylic acids is 1. The second-order valence-corrected chi connectivity index (χ2v) is 5.63. The summed E-state index contributed by atoms with van der Waals surface area (Å²) in [5, 5.41) is 3.20. The lowest BCUT2D eigenvalue weighted by molar-refractivity contribution is 0.102. The van der Waals surface area contributed by atoms with Crippen LogP contribution in [-0.2, 0) is 0 Å². The van der Waals surface area contributed by atoms with Gasteiger partial charge in [-0.15, -0.1) is 0 Å². The van der Waals surface area contributed by atoms with Crippen LogP contribution in [0.25, 0.3) is 22.0 Å². The van der Waals surface area contributed by atoms with Crippen LogP contribution in [0.3, 0.4) is 0 Å². The number of anilines is 1. The van der Waals surface area contributed by atoms with Gasteiger partial charge < -0.3 is 14.1 Å². The first-order valence-electron chi connectivity index (χ1n) is 8.11. The average Bonchev–Trinajstić information content (AvgIpc) is 3.03. The summed E-state index contributed by atoms with van der Waals surface area (Å²) in [5.74, 6) is 0.424. The molecule has 4 aromatic rings. The number of H-pyrrole nitrogens is 1. The summed E-state index contributed by atoms with van der Waals surface area (Å²) in [6, 6.07) is 13.6. The zero-order valence-electron chi connectivity index (χ0n) is 13.9. The standard InChI is InChI=1S/C19H15N3O4/c1-2-25-11-7-8-12-13(10-17(23)26-16(12)9-11)18(24)22-19-20-14-5-3-4-6-15(14)21-19/h3-10H,2H2,1H3,(H2,20,21,22,24). The summed E-state index contributed by atoms with van der Waals surface area (Å²) < 4.78 is 10.6. The summed E-state index contributed by atoms with van der Waals surface area (Å²) >= 11 is 0. The van der Waals surface area contributed by atoms with E-state index in [0.29, 0.717) is 29.3 Å². The highest BCUT2D eigenvalue weighted by Crippen LogP contribution is 2.23. The lowest BCUT2D eigenvalue weighted by Gasteiger charge is -2.07. The monoisotopic (exact) mass is 349 g/mol. The predicted molar refractivity (Wildman–Crippen MR) is 97.7 cm³/mol. The van der Waals surface area contributed by atoms with Gasteiger partial charge >= 0.3 is 5.63 Å². The molecule has 0 atom stereocenters. The molecule has 0 radical (unpaired) electrons. The van der Waals surface area contributed by atoms with Crippen LogP contribution >= 0.6 is 0 Å². The fourth-order valence-electron chi connectivity index (χ4n) is 2.77. The molecule has 0 bridgehead atoms. The van der Waals surface area contributed by atoms with E-state index in [9.17, 15) is 9.59 Å². The molecule has 4 rings (SSSR count). The maximum absolute atomic E-state index is 12.7. The van der Waals surface area contributed by atoms with Crippen molar-refractivity contribution in [2.24, 2.45) is 0 Å². The van der Waals surface area contributed by atoms with E-state index >= 15 is 0 Å². The first kappa shape index (κ1) is 15.9. The van der Waals surface area contributed by atoms with Crippen molar-refractivity contribution >= 4 is 33.9 Å². The molecule has 0 saturated carbocycles. The Bertz CT molecular complexity index is 1140. The highest BCUT2D eigenvalue weighted by molar-refractivity contribution is 6.11. The number of benzene rings is 2. The Morgan fingerprint density at radius 3 is 2.88 bits per heavy atom. The number of aromatic amines is 1. The van der Waals surface area contributed by atoms with Crippen molar-refractivity contribution in [1.29, 1.82) is 0 Å². The normalized spacial score (nSPS) is 11.0. The maximum atomic E-state index is 12.7. The third-order valence-electron chi connectivity index (χ3n) is 3.89. The zero-order chi connectivity index (χ0) is 18.1. The number of nitrogens with zero attached hydrogens (tertiary/aromatic N) is 1. The second kappa shape index (κ2) is 6.36. The Morgan fingerprint density at radius 1 is 1.23 bits per heavy atom. The molecule has 0 aliphatic heterocycles. The second-order valence-electron chi connectivity index (χ2n) is 5.63. The smallest absolute Gasteiger partial charge is 0.337 e. The molecule has 2 aromatic heterocycles. The molecule has 0 aliphatic rings. The molecule has 2 aromatic carbocycles. The molecular formula is C19H15N3O4. The van der Waals surface area contributed by atoms with Crippen molar-refractivity contribution in [1.82, 2.24) is 9.97 Å². The van der Waals surface area contributed by atoms with Crippen LogP contribution in [0, 0.1) is 0 Å². The summed E-state index contributed by atoms with van der Waals surface area (Å²) in [6.07, 6.45) is 0. The minimum atomic E-state index is -0.610. The van der Waals surface area contributed by atoms with E-state index < -0.39 is 11.5 Å². The third kappa shape index (κ3) is 2.90. The number of hydrogen-bond donors (Lipinski definition) is 2. The Labute approximate surface area is 147 Å². The number of fused-ring (bicyclic) bond motifs is 2. The van der Waals surface area contributed by atoms with Gasteiger partial charge in [-0.05, 0) is 31.2 Å². The van der Waals surface area contributed by atoms with Gasteiger partial charge in [-0.1, -0.05) is 12.1 Å². The molecule has 2 N–H and O–H groups in total. The Balaban J connectivity index is 1.72. The van der Waals surface area contributed by atoms with Gasteiger partial charge in [-0.2, -0.15) is 0 Å². The number of ether oxygens (including phenoxy) is 1. The predicted octanol–water partition coefficient (Wildman–Crippen LogP) is 3.32. The number of hydrogen-bond acceptors (Lipinski definition) is 5. The number of carbonyl (C=O) groups is 1. The molecule has 0 aliphatic carbocycles. The van der Waals surface area contributed by atoms with E-state index in [0.717, 1.165) is 11.0 Å². The summed E-state index contributed by atoms with van der Waals surface area (Å²) in [4.78, 5) is 31.9. The molecule has 130 valence electrons. The van der Waals surface area contributed by atoms with Crippen LogP contribution in [0.15, 0.2) is 57.7 Å². The van der Waals surface area contributed by atoms with Gasteiger partial charge in [0.2, 0.25) is 5.95 Å². The van der Waals surface area contributed by atoms with E-state index in [4.69, 9.17) is 9.15 Å². The van der Waals surface area contributed by atoms with E-state index in [1.54, 1.807) is 18.2 Å². The van der Waals surface area contributed by atoms with Crippen molar-refractivity contribution in [2.75, 3.05) is 11.9 Å². The summed E-state index contributed by atoms with van der Waals surface area (Å²) in [5.41, 5.74) is 1.43. The first-order chi connectivity index (χ1) is 12.6. The highest BCUT2D eigenvalue weighted by Gasteiger charge is 2.15. The van der Waals surface area contributed by atoms with E-state index in [1.165, 1.54) is 6.07 Å². The van der Waals surface area contributed by atoms with Crippen molar-refractivity contribution in [3.63, 3.8) is 0 Å². The van der Waals surface area contributed by atoms with E-state index in [1.807, 2.05) is 31.2 Å². The van der Waals surface area contributed by atoms with Gasteiger partial charge in [0.05, 0.1) is 23.2 Å². The summed E-state index contributed by atoms with van der Waals surface area (Å²) in [7, 11) is 0. The molecule has 2 heterocycles. The number of aromatic nitrogens is 2. The SMILES string of the molecule is CCOc1ccc2c(C(=O)Nc3nc4ccccc4[nH]3)cc(=O)oc2c1. The van der Waals surface area contributed by atoms with Crippen LogP contribution in [-0.4, -0.2) is 22.5 Å². The number of rotatable bonds is 4. The average molecular weight is 349 g/mol. The molecule has 7 heteroatoms. The van der Waals surface area contributed by atoms with E-state index in [2.05, 4.69) is 15.3 Å². The van der Waals surface area contributed by atoms with Gasteiger partial charge in [0, 0.05) is 17.5 Å². The quantitative estimate of drug-likeness (QED) is 0.551. The zero-order valence-corrected chi connectivity index (χ0v) is 13.9. The minimum Gasteiger partial charge on any atom is -0.494 e. The Hall–Kier alpha value is -3.61. The van der Waals surface area contributed by atoms with Crippen molar-refractivity contribution < 1.29 is 13.9 Å². The van der Waals surface area contributed by atoms with Gasteiger partial charge in [-0.25, -0.2) is 9.78 Å². The molecule has 0 saturated heterocycles. The van der Waals surface area contributed by atoms with E-state index in [-0.39, 0.29) is 5.56 Å². The topological polar surface area (TPSA) is 97.2 Å². The lowest BCUT2D eigenvalue weighted by atomic mass is 10.1. The third-order valence-corrected chi connectivity index (χ3v) is 3.89. The number of nitrogens with one attached hydrogen (secondary N) is 2. The van der Waals surface area contributed by atoms with Crippen LogP contribution < -0.4 is 15.7 Å². The van der Waals surface area contributed by atoms with Crippen LogP contribution in [0.1, 0.15) is 17.3 Å². The largest absolute Gasteiger partial charge is 0.494 e. The van der Waals surface area contributed by atoms with Gasteiger partial charge in [-0.3, -0.25) is 10.1 Å². The fourth-order valence-corrected chi connectivity index (χ4v) is 2.77. The Kier molecular flexibility index (Phi) is 3.89. The van der Waals surface area contributed by atoms with Gasteiger partial charge in [0.25, 0.3) is 5.91 Å². The first-order valence-corrected chi connectivity index (χ1v) is 8.11. The highest BCUT2D eigenvalue weighted by atomic mass is 16.5. The molecule has 1 amide bonds. The van der Waals surface area contributed by atoms with Gasteiger partial charge in [0.15, 0.2) is 0 Å². The maximum Gasteiger partial charge on any atom is 0.337 e. The summed E-state index contributed by atoms with van der Waals surface area (Å²) in [6.45, 7) is 2.35.